The topological polar surface area (TPSA) is 74.6 Å². The number of hydrogen-bond donors (Lipinski definition) is 2. The molecule has 0 bridgehead atoms. The van der Waals surface area contributed by atoms with Gasteiger partial charge < -0.3 is 10.2 Å². The molecule has 21 heavy (non-hydrogen) atoms. The van der Waals surface area contributed by atoms with E-state index in [1.54, 1.807) is 0 Å². The summed E-state index contributed by atoms with van der Waals surface area (Å²) in [5.41, 5.74) is 0. The molecule has 2 N–H and O–H groups in total. The van der Waals surface area contributed by atoms with E-state index in [-0.39, 0.29) is 29.2 Å². The first-order chi connectivity index (χ1) is 8.67. The molecule has 0 unspecified atom stereocenters. The van der Waals surface area contributed by atoms with Crippen LogP contribution < -0.4 is 0 Å². The van der Waals surface area contributed by atoms with Gasteiger partial charge in [-0.1, -0.05) is 0 Å². The van der Waals surface area contributed by atoms with Crippen molar-refractivity contribution in [3.63, 3.8) is 0 Å². The summed E-state index contributed by atoms with van der Waals surface area (Å²) >= 11 is 0. The smallest absolute Gasteiger partial charge is 0.448 e. The van der Waals surface area contributed by atoms with E-state index in [1.165, 1.54) is 0 Å². The minimum absolute atomic E-state index is 0. The van der Waals surface area contributed by atoms with E-state index < -0.39 is 35.4 Å². The Bertz CT molecular complexity index is 382. The van der Waals surface area contributed by atoms with Gasteiger partial charge in [-0.25, -0.2) is 0 Å². The van der Waals surface area contributed by atoms with Crippen molar-refractivity contribution in [2.75, 3.05) is 0 Å². The van der Waals surface area contributed by atoms with Crippen LogP contribution in [0.15, 0.2) is 23.7 Å². The van der Waals surface area contributed by atoms with Gasteiger partial charge >= 0.3 is 12.4 Å². The molecule has 123 valence electrons. The standard InChI is InChI=1S/2C5H5F3O2.Mn/c2*1-3(9)2-4(10)5(6,7)8;/h2*2,10H,1H3;/b2*4-2+;. The molecule has 0 amide bonds. The number of allylic oxidation sites excluding steroid dienone is 4. The number of carbonyl (C=O) groups excluding carboxylic acids is 2. The van der Waals surface area contributed by atoms with Crippen molar-refractivity contribution in [1.82, 2.24) is 0 Å². The molecule has 0 aromatic heterocycles. The summed E-state index contributed by atoms with van der Waals surface area (Å²) in [6.45, 7) is 1.84. The molecule has 1 radical (unpaired) electrons. The summed E-state index contributed by atoms with van der Waals surface area (Å²) in [5, 5.41) is 16.1. The van der Waals surface area contributed by atoms with Crippen molar-refractivity contribution >= 4 is 11.6 Å². The third-order valence-electron chi connectivity index (χ3n) is 1.26. The number of halogens is 6. The van der Waals surface area contributed by atoms with Crippen LogP contribution >= 0.6 is 0 Å². The largest absolute Gasteiger partial charge is 0.504 e. The number of hydrogen-bond acceptors (Lipinski definition) is 4. The Morgan fingerprint density at radius 2 is 0.952 bits per heavy atom. The van der Waals surface area contributed by atoms with Crippen molar-refractivity contribution in [2.24, 2.45) is 0 Å². The second-order valence-electron chi connectivity index (χ2n) is 3.28. The van der Waals surface area contributed by atoms with Gasteiger partial charge in [0.15, 0.2) is 11.6 Å². The number of rotatable bonds is 2. The fourth-order valence-corrected chi connectivity index (χ4v) is 0.549. The van der Waals surface area contributed by atoms with E-state index in [1.807, 2.05) is 0 Å². The van der Waals surface area contributed by atoms with Crippen molar-refractivity contribution < 1.29 is 63.2 Å². The molecule has 0 heterocycles. The van der Waals surface area contributed by atoms with Gasteiger partial charge in [0, 0.05) is 29.2 Å². The molecule has 0 aromatic carbocycles. The van der Waals surface area contributed by atoms with Crippen molar-refractivity contribution in [3.05, 3.63) is 23.7 Å². The molecule has 0 fully saturated rings. The Labute approximate surface area is 125 Å². The first-order valence-corrected chi connectivity index (χ1v) is 4.64. The summed E-state index contributed by atoms with van der Waals surface area (Å²) in [5.74, 6) is -5.40. The molecular formula is C10H10F6MnO4. The zero-order valence-corrected chi connectivity index (χ0v) is 11.7. The van der Waals surface area contributed by atoms with Crippen LogP contribution in [-0.4, -0.2) is 34.1 Å². The summed E-state index contributed by atoms with van der Waals surface area (Å²) in [6.07, 6.45) is -9.38. The monoisotopic (exact) mass is 363 g/mol. The minimum atomic E-state index is -4.81. The fourth-order valence-electron chi connectivity index (χ4n) is 0.549. The number of aliphatic hydroxyl groups is 2. The Morgan fingerprint density at radius 1 is 0.762 bits per heavy atom. The number of ketones is 2. The van der Waals surface area contributed by atoms with E-state index in [4.69, 9.17) is 10.2 Å². The number of aliphatic hydroxyl groups excluding tert-OH is 2. The molecule has 0 aliphatic carbocycles. The number of alkyl halides is 6. The Hall–Kier alpha value is -1.48. The first-order valence-electron chi connectivity index (χ1n) is 4.64. The van der Waals surface area contributed by atoms with Gasteiger partial charge in [-0.05, 0) is 13.8 Å². The van der Waals surface area contributed by atoms with E-state index in [9.17, 15) is 35.9 Å². The van der Waals surface area contributed by atoms with Gasteiger partial charge in [0.1, 0.15) is 0 Å². The average molecular weight is 363 g/mol. The van der Waals surface area contributed by atoms with Crippen molar-refractivity contribution in [3.8, 4) is 0 Å². The third-order valence-corrected chi connectivity index (χ3v) is 1.26. The zero-order chi connectivity index (χ0) is 16.7. The van der Waals surface area contributed by atoms with Gasteiger partial charge in [-0.15, -0.1) is 0 Å². The summed E-state index contributed by atoms with van der Waals surface area (Å²) in [6, 6.07) is 0. The van der Waals surface area contributed by atoms with E-state index in [0.29, 0.717) is 0 Å². The average Bonchev–Trinajstić information content (AvgIpc) is 2.13. The van der Waals surface area contributed by atoms with Gasteiger partial charge in [0.05, 0.1) is 0 Å². The molecule has 0 spiro atoms. The molecule has 11 heteroatoms. The molecule has 0 atom stereocenters. The fraction of sp³-hybridized carbons (Fsp3) is 0.400. The molecular weight excluding hydrogens is 353 g/mol. The number of carbonyl (C=O) groups is 2. The Kier molecular flexibility index (Phi) is 11.0. The van der Waals surface area contributed by atoms with E-state index >= 15 is 0 Å². The molecule has 0 rings (SSSR count). The second kappa shape index (κ2) is 9.45. The van der Waals surface area contributed by atoms with Crippen LogP contribution in [0.4, 0.5) is 26.3 Å². The quantitative estimate of drug-likeness (QED) is 0.342. The predicted molar refractivity (Wildman–Crippen MR) is 54.9 cm³/mol. The SMILES string of the molecule is CC(=O)/C=C(/O)C(F)(F)F.CC(=O)/C=C(/O)C(F)(F)F.[Mn]. The van der Waals surface area contributed by atoms with Crippen LogP contribution in [-0.2, 0) is 26.7 Å². The van der Waals surface area contributed by atoms with Gasteiger partial charge in [-0.2, -0.15) is 26.3 Å². The Morgan fingerprint density at radius 3 is 1.00 bits per heavy atom. The summed E-state index contributed by atoms with van der Waals surface area (Å²) < 4.78 is 68.0. The molecule has 4 nitrogen and oxygen atoms in total. The van der Waals surface area contributed by atoms with Crippen LogP contribution in [0.1, 0.15) is 13.8 Å². The summed E-state index contributed by atoms with van der Waals surface area (Å²) in [4.78, 5) is 19.9. The molecule has 0 aliphatic heterocycles. The van der Waals surface area contributed by atoms with Crippen molar-refractivity contribution in [2.45, 2.75) is 26.2 Å². The molecule has 0 saturated heterocycles. The van der Waals surface area contributed by atoms with Crippen LogP contribution in [0.3, 0.4) is 0 Å². The van der Waals surface area contributed by atoms with Crippen LogP contribution in [0.25, 0.3) is 0 Å². The maximum absolute atomic E-state index is 11.3. The predicted octanol–water partition coefficient (Wildman–Crippen LogP) is 3.16. The van der Waals surface area contributed by atoms with Crippen molar-refractivity contribution in [1.29, 1.82) is 0 Å². The normalized spacial score (nSPS) is 12.8. The van der Waals surface area contributed by atoms with Crippen LogP contribution in [0.2, 0.25) is 0 Å². The maximum atomic E-state index is 11.3. The minimum Gasteiger partial charge on any atom is -0.504 e. The van der Waals surface area contributed by atoms with Gasteiger partial charge in [-0.3, -0.25) is 9.59 Å². The Balaban J connectivity index is -0.000000295. The first kappa shape index (κ1) is 24.5. The molecule has 0 aliphatic rings. The van der Waals surface area contributed by atoms with Gasteiger partial charge in [0.2, 0.25) is 11.5 Å². The second-order valence-corrected chi connectivity index (χ2v) is 3.28. The van der Waals surface area contributed by atoms with Crippen LogP contribution in [0, 0.1) is 0 Å². The van der Waals surface area contributed by atoms with E-state index in [0.717, 1.165) is 13.8 Å². The molecule has 0 aromatic rings. The van der Waals surface area contributed by atoms with E-state index in [2.05, 4.69) is 0 Å². The third kappa shape index (κ3) is 14.7. The van der Waals surface area contributed by atoms with Crippen LogP contribution in [0.5, 0.6) is 0 Å². The molecule has 0 saturated carbocycles. The summed E-state index contributed by atoms with van der Waals surface area (Å²) in [7, 11) is 0. The maximum Gasteiger partial charge on any atom is 0.448 e. The zero-order valence-electron chi connectivity index (χ0n) is 10.5. The van der Waals surface area contributed by atoms with Gasteiger partial charge in [0.25, 0.3) is 0 Å².